The van der Waals surface area contributed by atoms with Gasteiger partial charge in [0.05, 0.1) is 16.5 Å². The Kier molecular flexibility index (Phi) is 3.36. The third-order valence-electron chi connectivity index (χ3n) is 3.03. The smallest absolute Gasteiger partial charge is 0.258 e. The molecule has 0 aliphatic carbocycles. The van der Waals surface area contributed by atoms with Crippen LogP contribution in [-0.4, -0.2) is 9.97 Å². The summed E-state index contributed by atoms with van der Waals surface area (Å²) in [6.07, 6.45) is 0. The topological polar surface area (TPSA) is 78.8 Å². The minimum Gasteiger partial charge on any atom is -0.484 e. The molecule has 102 valence electrons. The van der Waals surface area contributed by atoms with Gasteiger partial charge in [-0.3, -0.25) is 4.79 Å². The second kappa shape index (κ2) is 5.47. The molecule has 0 aliphatic heterocycles. The highest BCUT2D eigenvalue weighted by atomic mass is 16.5. The number of hydrogen-bond acceptors (Lipinski definition) is 4. The van der Waals surface area contributed by atoms with Gasteiger partial charge in [0.2, 0.25) is 0 Å². The Labute approximate surface area is 120 Å². The van der Waals surface area contributed by atoms with Gasteiger partial charge in [-0.15, -0.1) is 0 Å². The summed E-state index contributed by atoms with van der Waals surface area (Å²) in [6, 6.07) is 16.1. The van der Waals surface area contributed by atoms with Gasteiger partial charge in [0.15, 0.2) is 0 Å². The number of ether oxygens (including phenoxy) is 1. The van der Waals surface area contributed by atoms with E-state index >= 15 is 0 Å². The van der Waals surface area contributed by atoms with Crippen molar-refractivity contribution in [2.24, 2.45) is 0 Å². The molecule has 1 aromatic heterocycles. The summed E-state index contributed by atoms with van der Waals surface area (Å²) in [5, 5.41) is 9.54. The molecule has 0 unspecified atom stereocenters. The van der Waals surface area contributed by atoms with E-state index < -0.39 is 0 Å². The minimum atomic E-state index is -0.201. The molecule has 5 heteroatoms. The van der Waals surface area contributed by atoms with Crippen molar-refractivity contribution < 1.29 is 4.74 Å². The Morgan fingerprint density at radius 3 is 2.76 bits per heavy atom. The van der Waals surface area contributed by atoms with Crippen molar-refractivity contribution >= 4 is 10.9 Å². The van der Waals surface area contributed by atoms with Gasteiger partial charge in [-0.05, 0) is 24.3 Å². The number of nitriles is 1. The summed E-state index contributed by atoms with van der Waals surface area (Å²) in [5.74, 6) is 0.891. The molecule has 0 bridgehead atoms. The fourth-order valence-electron chi connectivity index (χ4n) is 2.03. The van der Waals surface area contributed by atoms with Crippen LogP contribution in [0.1, 0.15) is 11.4 Å². The molecule has 3 rings (SSSR count). The molecular weight excluding hydrogens is 266 g/mol. The van der Waals surface area contributed by atoms with E-state index in [0.29, 0.717) is 28.0 Å². The summed E-state index contributed by atoms with van der Waals surface area (Å²) in [5.41, 5.74) is 0.863. The number of aromatic amines is 1. The quantitative estimate of drug-likeness (QED) is 0.797. The third-order valence-corrected chi connectivity index (χ3v) is 3.03. The van der Waals surface area contributed by atoms with Crippen molar-refractivity contribution in [1.82, 2.24) is 9.97 Å². The van der Waals surface area contributed by atoms with Gasteiger partial charge in [-0.25, -0.2) is 4.98 Å². The van der Waals surface area contributed by atoms with Gasteiger partial charge in [-0.1, -0.05) is 24.3 Å². The Balaban J connectivity index is 1.89. The molecule has 3 aromatic rings. The normalized spacial score (nSPS) is 10.2. The van der Waals surface area contributed by atoms with E-state index in [2.05, 4.69) is 16.0 Å². The van der Waals surface area contributed by atoms with Gasteiger partial charge < -0.3 is 9.72 Å². The van der Waals surface area contributed by atoms with Gasteiger partial charge in [0, 0.05) is 0 Å². The SMILES string of the molecule is N#Cc1ccccc1OCc1nc2ccccc2c(=O)[nH]1. The third kappa shape index (κ3) is 2.60. The fraction of sp³-hybridized carbons (Fsp3) is 0.0625. The first-order chi connectivity index (χ1) is 10.3. The van der Waals surface area contributed by atoms with Crippen LogP contribution in [0.15, 0.2) is 53.3 Å². The first kappa shape index (κ1) is 12.9. The summed E-state index contributed by atoms with van der Waals surface area (Å²) in [6.45, 7) is 0.0960. The first-order valence-corrected chi connectivity index (χ1v) is 6.38. The van der Waals surface area contributed by atoms with Crippen molar-refractivity contribution in [2.45, 2.75) is 6.61 Å². The van der Waals surface area contributed by atoms with Crippen LogP contribution in [0.4, 0.5) is 0 Å². The van der Waals surface area contributed by atoms with E-state index in [0.717, 1.165) is 0 Å². The lowest BCUT2D eigenvalue weighted by atomic mass is 10.2. The van der Waals surface area contributed by atoms with Crippen LogP contribution in [0.3, 0.4) is 0 Å². The molecule has 0 radical (unpaired) electrons. The van der Waals surface area contributed by atoms with Crippen LogP contribution >= 0.6 is 0 Å². The molecule has 0 saturated carbocycles. The average molecular weight is 277 g/mol. The van der Waals surface area contributed by atoms with Crippen LogP contribution in [-0.2, 0) is 6.61 Å². The van der Waals surface area contributed by atoms with Crippen molar-refractivity contribution in [2.75, 3.05) is 0 Å². The van der Waals surface area contributed by atoms with Gasteiger partial charge >= 0.3 is 0 Å². The zero-order chi connectivity index (χ0) is 14.7. The summed E-state index contributed by atoms with van der Waals surface area (Å²) >= 11 is 0. The van der Waals surface area contributed by atoms with Crippen LogP contribution in [0.25, 0.3) is 10.9 Å². The molecule has 5 nitrogen and oxygen atoms in total. The lowest BCUT2D eigenvalue weighted by Crippen LogP contribution is -2.13. The zero-order valence-corrected chi connectivity index (χ0v) is 11.0. The number of para-hydroxylation sites is 2. The molecule has 1 heterocycles. The molecule has 0 saturated heterocycles. The summed E-state index contributed by atoms with van der Waals surface area (Å²) in [4.78, 5) is 19.0. The number of H-pyrrole nitrogens is 1. The molecule has 0 atom stereocenters. The van der Waals surface area contributed by atoms with Crippen LogP contribution in [0.2, 0.25) is 0 Å². The largest absolute Gasteiger partial charge is 0.484 e. The molecule has 0 aliphatic rings. The van der Waals surface area contributed by atoms with Crippen molar-refractivity contribution in [1.29, 1.82) is 5.26 Å². The molecule has 1 N–H and O–H groups in total. The Hall–Kier alpha value is -3.13. The van der Waals surface area contributed by atoms with Crippen LogP contribution in [0.5, 0.6) is 5.75 Å². The standard InChI is InChI=1S/C16H11N3O2/c17-9-11-5-1-4-8-14(11)21-10-15-18-13-7-3-2-6-12(13)16(20)19-15/h1-8H,10H2,(H,18,19,20). The molecule has 0 spiro atoms. The monoisotopic (exact) mass is 277 g/mol. The van der Waals surface area contributed by atoms with Crippen molar-refractivity contribution in [3.05, 3.63) is 70.3 Å². The highest BCUT2D eigenvalue weighted by molar-refractivity contribution is 5.77. The Morgan fingerprint density at radius 2 is 1.90 bits per heavy atom. The predicted molar refractivity (Wildman–Crippen MR) is 77.9 cm³/mol. The molecule has 2 aromatic carbocycles. The second-order valence-electron chi connectivity index (χ2n) is 4.43. The number of benzene rings is 2. The van der Waals surface area contributed by atoms with E-state index in [1.807, 2.05) is 6.07 Å². The van der Waals surface area contributed by atoms with E-state index in [4.69, 9.17) is 10.00 Å². The maximum Gasteiger partial charge on any atom is 0.258 e. The van der Waals surface area contributed by atoms with Crippen LogP contribution in [0, 0.1) is 11.3 Å². The van der Waals surface area contributed by atoms with Crippen molar-refractivity contribution in [3.8, 4) is 11.8 Å². The lowest BCUT2D eigenvalue weighted by molar-refractivity contribution is 0.295. The Morgan fingerprint density at radius 1 is 1.14 bits per heavy atom. The van der Waals surface area contributed by atoms with Crippen LogP contribution < -0.4 is 10.3 Å². The predicted octanol–water partition coefficient (Wildman–Crippen LogP) is 2.37. The number of hydrogen-bond donors (Lipinski definition) is 1. The highest BCUT2D eigenvalue weighted by Gasteiger charge is 2.06. The maximum absolute atomic E-state index is 11.9. The summed E-state index contributed by atoms with van der Waals surface area (Å²) < 4.78 is 5.56. The Bertz CT molecular complexity index is 894. The molecular formula is C16H11N3O2. The van der Waals surface area contributed by atoms with Gasteiger partial charge in [-0.2, -0.15) is 5.26 Å². The number of fused-ring (bicyclic) bond motifs is 1. The molecule has 0 amide bonds. The summed E-state index contributed by atoms with van der Waals surface area (Å²) in [7, 11) is 0. The lowest BCUT2D eigenvalue weighted by Gasteiger charge is -2.07. The maximum atomic E-state index is 11.9. The molecule has 0 fully saturated rings. The second-order valence-corrected chi connectivity index (χ2v) is 4.43. The molecule has 21 heavy (non-hydrogen) atoms. The highest BCUT2D eigenvalue weighted by Crippen LogP contribution is 2.17. The van der Waals surface area contributed by atoms with Crippen molar-refractivity contribution in [3.63, 3.8) is 0 Å². The van der Waals surface area contributed by atoms with Gasteiger partial charge in [0.1, 0.15) is 24.3 Å². The first-order valence-electron chi connectivity index (χ1n) is 6.38. The van der Waals surface area contributed by atoms with Gasteiger partial charge in [0.25, 0.3) is 5.56 Å². The fourth-order valence-corrected chi connectivity index (χ4v) is 2.03. The number of rotatable bonds is 3. The van der Waals surface area contributed by atoms with E-state index in [9.17, 15) is 4.79 Å². The van der Waals surface area contributed by atoms with E-state index in [-0.39, 0.29) is 12.2 Å². The van der Waals surface area contributed by atoms with E-state index in [1.165, 1.54) is 0 Å². The zero-order valence-electron chi connectivity index (χ0n) is 11.0. The van der Waals surface area contributed by atoms with E-state index in [1.54, 1.807) is 42.5 Å². The number of nitrogens with zero attached hydrogens (tertiary/aromatic N) is 2. The number of aromatic nitrogens is 2. The number of nitrogens with one attached hydrogen (secondary N) is 1. The average Bonchev–Trinajstić information content (AvgIpc) is 2.53. The minimum absolute atomic E-state index is 0.0960.